The summed E-state index contributed by atoms with van der Waals surface area (Å²) in [5, 5.41) is 8.84. The third-order valence-corrected chi connectivity index (χ3v) is 4.00. The van der Waals surface area contributed by atoms with E-state index in [0.717, 1.165) is 12.8 Å². The molecule has 17 heavy (non-hydrogen) atoms. The Morgan fingerprint density at radius 3 is 2.41 bits per heavy atom. The van der Waals surface area contributed by atoms with Crippen LogP contribution in [-0.2, 0) is 16.6 Å². The molecule has 0 bridgehead atoms. The summed E-state index contributed by atoms with van der Waals surface area (Å²) in [6.07, 6.45) is 2.84. The van der Waals surface area contributed by atoms with Gasteiger partial charge in [-0.2, -0.15) is 0 Å². The second kappa shape index (κ2) is 6.09. The van der Waals surface area contributed by atoms with Crippen molar-refractivity contribution >= 4 is 10.0 Å². The first-order chi connectivity index (χ1) is 8.03. The summed E-state index contributed by atoms with van der Waals surface area (Å²) >= 11 is 0. The van der Waals surface area contributed by atoms with Crippen molar-refractivity contribution in [2.24, 2.45) is 0 Å². The van der Waals surface area contributed by atoms with Gasteiger partial charge < -0.3 is 5.11 Å². The highest BCUT2D eigenvalue weighted by atomic mass is 32.2. The molecular weight excluding hydrogens is 240 g/mol. The number of sulfonamides is 1. The Kier molecular flexibility index (Phi) is 5.04. The van der Waals surface area contributed by atoms with E-state index in [2.05, 4.69) is 9.71 Å². The Morgan fingerprint density at radius 2 is 2.00 bits per heavy atom. The molecule has 0 spiro atoms. The number of nitrogens with zero attached hydrogens (tertiary/aromatic N) is 1. The highest BCUT2D eigenvalue weighted by molar-refractivity contribution is 7.89. The monoisotopic (exact) mass is 258 g/mol. The lowest BCUT2D eigenvalue weighted by Gasteiger charge is -2.14. The van der Waals surface area contributed by atoms with E-state index in [9.17, 15) is 8.42 Å². The standard InChI is InChI=1S/C11H18N2O3S/c1-3-10(4-2)13-17(15,16)11-6-5-9(8-14)7-12-11/h5-7,10,13-14H,3-4,8H2,1-2H3. The summed E-state index contributed by atoms with van der Waals surface area (Å²) in [5.74, 6) is 0. The molecule has 0 radical (unpaired) electrons. The predicted octanol–water partition coefficient (Wildman–Crippen LogP) is 1.04. The zero-order valence-electron chi connectivity index (χ0n) is 10.0. The van der Waals surface area contributed by atoms with Gasteiger partial charge in [0.2, 0.25) is 0 Å². The van der Waals surface area contributed by atoms with Gasteiger partial charge in [-0.05, 0) is 24.5 Å². The van der Waals surface area contributed by atoms with Crippen LogP contribution < -0.4 is 4.72 Å². The third-order valence-electron chi connectivity index (χ3n) is 2.56. The van der Waals surface area contributed by atoms with E-state index in [-0.39, 0.29) is 17.7 Å². The van der Waals surface area contributed by atoms with Crippen molar-refractivity contribution in [1.82, 2.24) is 9.71 Å². The summed E-state index contributed by atoms with van der Waals surface area (Å²) < 4.78 is 26.4. The fourth-order valence-corrected chi connectivity index (χ4v) is 2.73. The summed E-state index contributed by atoms with van der Waals surface area (Å²) in [6, 6.07) is 2.88. The van der Waals surface area contributed by atoms with Crippen LogP contribution in [0.3, 0.4) is 0 Å². The molecule has 1 aromatic heterocycles. The van der Waals surface area contributed by atoms with Crippen LogP contribution in [0.4, 0.5) is 0 Å². The van der Waals surface area contributed by atoms with Crippen molar-refractivity contribution in [3.8, 4) is 0 Å². The number of hydrogen-bond donors (Lipinski definition) is 2. The van der Waals surface area contributed by atoms with E-state index >= 15 is 0 Å². The Labute approximate surface area is 102 Å². The van der Waals surface area contributed by atoms with E-state index in [1.807, 2.05) is 13.8 Å². The molecule has 1 aromatic rings. The lowest BCUT2D eigenvalue weighted by molar-refractivity contribution is 0.281. The minimum atomic E-state index is -3.55. The van der Waals surface area contributed by atoms with Gasteiger partial charge >= 0.3 is 0 Å². The number of aliphatic hydroxyl groups excluding tert-OH is 1. The molecule has 96 valence electrons. The van der Waals surface area contributed by atoms with Gasteiger partial charge in [-0.1, -0.05) is 19.9 Å². The molecule has 0 aliphatic rings. The van der Waals surface area contributed by atoms with Gasteiger partial charge in [0, 0.05) is 12.2 Å². The second-order valence-electron chi connectivity index (χ2n) is 3.80. The summed E-state index contributed by atoms with van der Waals surface area (Å²) in [5.41, 5.74) is 0.589. The number of aromatic nitrogens is 1. The van der Waals surface area contributed by atoms with Gasteiger partial charge in [0.05, 0.1) is 6.61 Å². The molecule has 5 nitrogen and oxygen atoms in total. The summed E-state index contributed by atoms with van der Waals surface area (Å²) in [4.78, 5) is 3.83. The topological polar surface area (TPSA) is 79.3 Å². The number of aliphatic hydroxyl groups is 1. The molecule has 0 fully saturated rings. The van der Waals surface area contributed by atoms with Crippen molar-refractivity contribution < 1.29 is 13.5 Å². The fourth-order valence-electron chi connectivity index (χ4n) is 1.40. The fraction of sp³-hybridized carbons (Fsp3) is 0.545. The van der Waals surface area contributed by atoms with E-state index < -0.39 is 10.0 Å². The second-order valence-corrected chi connectivity index (χ2v) is 5.46. The van der Waals surface area contributed by atoms with Crippen molar-refractivity contribution in [1.29, 1.82) is 0 Å². The van der Waals surface area contributed by atoms with Crippen LogP contribution in [0.2, 0.25) is 0 Å². The van der Waals surface area contributed by atoms with E-state index in [1.165, 1.54) is 12.3 Å². The maximum atomic E-state index is 11.9. The highest BCUT2D eigenvalue weighted by Gasteiger charge is 2.18. The SMILES string of the molecule is CCC(CC)NS(=O)(=O)c1ccc(CO)cn1. The van der Waals surface area contributed by atoms with Crippen molar-refractivity contribution in [3.63, 3.8) is 0 Å². The van der Waals surface area contributed by atoms with E-state index in [4.69, 9.17) is 5.11 Å². The van der Waals surface area contributed by atoms with Crippen LogP contribution >= 0.6 is 0 Å². The molecule has 1 heterocycles. The average Bonchev–Trinajstić information content (AvgIpc) is 2.36. The Bertz CT molecular complexity index is 438. The molecular formula is C11H18N2O3S. The maximum absolute atomic E-state index is 11.9. The van der Waals surface area contributed by atoms with Gasteiger partial charge in [0.1, 0.15) is 0 Å². The number of hydrogen-bond acceptors (Lipinski definition) is 4. The number of pyridine rings is 1. The Balaban J connectivity index is 2.89. The van der Waals surface area contributed by atoms with Crippen LogP contribution in [0.1, 0.15) is 32.3 Å². The Morgan fingerprint density at radius 1 is 1.35 bits per heavy atom. The largest absolute Gasteiger partial charge is 0.392 e. The maximum Gasteiger partial charge on any atom is 0.258 e. The predicted molar refractivity (Wildman–Crippen MR) is 64.9 cm³/mol. The summed E-state index contributed by atoms with van der Waals surface area (Å²) in [7, 11) is -3.55. The lowest BCUT2D eigenvalue weighted by Crippen LogP contribution is -2.34. The molecule has 0 saturated carbocycles. The molecule has 1 rings (SSSR count). The van der Waals surface area contributed by atoms with Crippen LogP contribution in [0.25, 0.3) is 0 Å². The first kappa shape index (κ1) is 14.1. The van der Waals surface area contributed by atoms with Crippen molar-refractivity contribution in [2.75, 3.05) is 0 Å². The van der Waals surface area contributed by atoms with Gasteiger partial charge in [0.15, 0.2) is 5.03 Å². The molecule has 0 atom stereocenters. The molecule has 0 aromatic carbocycles. The third kappa shape index (κ3) is 3.76. The quantitative estimate of drug-likeness (QED) is 0.799. The molecule has 2 N–H and O–H groups in total. The number of rotatable bonds is 6. The molecule has 6 heteroatoms. The first-order valence-corrected chi connectivity index (χ1v) is 7.10. The lowest BCUT2D eigenvalue weighted by atomic mass is 10.2. The first-order valence-electron chi connectivity index (χ1n) is 5.61. The minimum absolute atomic E-state index is 0.0124. The molecule has 0 amide bonds. The van der Waals surface area contributed by atoms with Crippen LogP contribution in [-0.4, -0.2) is 24.6 Å². The number of nitrogens with one attached hydrogen (secondary N) is 1. The average molecular weight is 258 g/mol. The highest BCUT2D eigenvalue weighted by Crippen LogP contribution is 2.09. The zero-order valence-corrected chi connectivity index (χ0v) is 10.9. The van der Waals surface area contributed by atoms with Gasteiger partial charge in [0.25, 0.3) is 10.0 Å². The minimum Gasteiger partial charge on any atom is -0.392 e. The van der Waals surface area contributed by atoms with E-state index in [1.54, 1.807) is 6.07 Å². The van der Waals surface area contributed by atoms with Crippen LogP contribution in [0.5, 0.6) is 0 Å². The van der Waals surface area contributed by atoms with Crippen molar-refractivity contribution in [3.05, 3.63) is 23.9 Å². The van der Waals surface area contributed by atoms with Crippen LogP contribution in [0, 0.1) is 0 Å². The normalized spacial score (nSPS) is 12.0. The van der Waals surface area contributed by atoms with Gasteiger partial charge in [-0.25, -0.2) is 18.1 Å². The Hall–Kier alpha value is -0.980. The van der Waals surface area contributed by atoms with Crippen LogP contribution in [0.15, 0.2) is 23.4 Å². The molecule has 0 aliphatic heterocycles. The smallest absolute Gasteiger partial charge is 0.258 e. The summed E-state index contributed by atoms with van der Waals surface area (Å²) in [6.45, 7) is 3.71. The van der Waals surface area contributed by atoms with E-state index in [0.29, 0.717) is 5.56 Å². The van der Waals surface area contributed by atoms with Gasteiger partial charge in [-0.15, -0.1) is 0 Å². The van der Waals surface area contributed by atoms with Crippen molar-refractivity contribution in [2.45, 2.75) is 44.4 Å². The molecule has 0 aliphatic carbocycles. The molecule has 0 saturated heterocycles. The zero-order chi connectivity index (χ0) is 12.9. The molecule has 0 unspecified atom stereocenters. The van der Waals surface area contributed by atoms with Gasteiger partial charge in [-0.3, -0.25) is 0 Å².